The fourth-order valence-electron chi connectivity index (χ4n) is 2.43. The van der Waals surface area contributed by atoms with E-state index in [1.807, 2.05) is 12.1 Å². The summed E-state index contributed by atoms with van der Waals surface area (Å²) in [4.78, 5) is 23.9. The highest BCUT2D eigenvalue weighted by Gasteiger charge is 2.45. The molecule has 1 aromatic carbocycles. The van der Waals surface area contributed by atoms with Crippen molar-refractivity contribution in [2.24, 2.45) is 5.92 Å². The molecular formula is C16H15ClN2O3. The lowest BCUT2D eigenvalue weighted by Gasteiger charge is -2.09. The van der Waals surface area contributed by atoms with Gasteiger partial charge in [-0.25, -0.2) is 0 Å². The Labute approximate surface area is 132 Å². The molecule has 3 rings (SSSR count). The maximum Gasteiger partial charge on any atom is 0.251 e. The van der Waals surface area contributed by atoms with Gasteiger partial charge in [0, 0.05) is 24.4 Å². The Morgan fingerprint density at radius 1 is 1.32 bits per heavy atom. The number of furan rings is 1. The van der Waals surface area contributed by atoms with Gasteiger partial charge in [-0.15, -0.1) is 0 Å². The molecule has 114 valence electrons. The molecule has 1 saturated carbocycles. The fourth-order valence-corrected chi connectivity index (χ4v) is 2.60. The number of carbonyl (C=O) groups excluding carboxylic acids is 2. The Balaban J connectivity index is 1.71. The molecule has 0 bridgehead atoms. The molecule has 2 atom stereocenters. The number of rotatable bonds is 4. The summed E-state index contributed by atoms with van der Waals surface area (Å²) < 4.78 is 5.32. The summed E-state index contributed by atoms with van der Waals surface area (Å²) in [6.45, 7) is 0. The van der Waals surface area contributed by atoms with E-state index < -0.39 is 0 Å². The molecule has 0 saturated heterocycles. The molecular weight excluding hydrogens is 304 g/mol. The summed E-state index contributed by atoms with van der Waals surface area (Å²) in [5.74, 6) is 0.483. The van der Waals surface area contributed by atoms with Gasteiger partial charge in [-0.05, 0) is 36.8 Å². The van der Waals surface area contributed by atoms with Crippen molar-refractivity contribution in [3.8, 4) is 0 Å². The summed E-state index contributed by atoms with van der Waals surface area (Å²) in [5, 5.41) is 5.72. The van der Waals surface area contributed by atoms with Crippen molar-refractivity contribution in [3.63, 3.8) is 0 Å². The van der Waals surface area contributed by atoms with Crippen LogP contribution in [-0.4, -0.2) is 18.9 Å². The third-order valence-corrected chi connectivity index (χ3v) is 4.08. The zero-order valence-electron chi connectivity index (χ0n) is 11.9. The largest absolute Gasteiger partial charge is 0.469 e. The van der Waals surface area contributed by atoms with Gasteiger partial charge in [-0.1, -0.05) is 11.6 Å². The minimum absolute atomic E-state index is 0.114. The van der Waals surface area contributed by atoms with Gasteiger partial charge >= 0.3 is 0 Å². The third-order valence-electron chi connectivity index (χ3n) is 3.75. The Bertz CT molecular complexity index is 712. The van der Waals surface area contributed by atoms with E-state index in [0.717, 1.165) is 12.2 Å². The topological polar surface area (TPSA) is 71.3 Å². The molecule has 2 aromatic rings. The monoisotopic (exact) mass is 318 g/mol. The predicted molar refractivity (Wildman–Crippen MR) is 83.0 cm³/mol. The summed E-state index contributed by atoms with van der Waals surface area (Å²) >= 11 is 6.08. The van der Waals surface area contributed by atoms with Crippen LogP contribution in [0.4, 0.5) is 5.69 Å². The maximum atomic E-state index is 12.3. The normalized spacial score (nSPS) is 19.5. The van der Waals surface area contributed by atoms with E-state index in [-0.39, 0.29) is 23.7 Å². The molecule has 2 unspecified atom stereocenters. The molecule has 0 spiro atoms. The number of carbonyl (C=O) groups is 2. The molecule has 1 aliphatic carbocycles. The van der Waals surface area contributed by atoms with Crippen LogP contribution in [0.25, 0.3) is 0 Å². The van der Waals surface area contributed by atoms with Crippen molar-refractivity contribution in [2.75, 3.05) is 12.4 Å². The van der Waals surface area contributed by atoms with E-state index in [1.165, 1.54) is 0 Å². The minimum Gasteiger partial charge on any atom is -0.469 e. The summed E-state index contributed by atoms with van der Waals surface area (Å²) in [7, 11) is 1.55. The van der Waals surface area contributed by atoms with Crippen LogP contribution in [0.3, 0.4) is 0 Å². The molecule has 1 fully saturated rings. The van der Waals surface area contributed by atoms with Crippen LogP contribution in [0.15, 0.2) is 41.0 Å². The highest BCUT2D eigenvalue weighted by Crippen LogP contribution is 2.48. The van der Waals surface area contributed by atoms with Crippen molar-refractivity contribution in [2.45, 2.75) is 12.3 Å². The number of benzene rings is 1. The first-order chi connectivity index (χ1) is 10.6. The van der Waals surface area contributed by atoms with E-state index in [2.05, 4.69) is 10.6 Å². The maximum absolute atomic E-state index is 12.3. The van der Waals surface area contributed by atoms with E-state index in [0.29, 0.717) is 16.3 Å². The van der Waals surface area contributed by atoms with Crippen LogP contribution in [-0.2, 0) is 4.79 Å². The van der Waals surface area contributed by atoms with Crippen LogP contribution in [0, 0.1) is 5.92 Å². The molecule has 1 aliphatic rings. The zero-order valence-corrected chi connectivity index (χ0v) is 12.7. The van der Waals surface area contributed by atoms with Crippen molar-refractivity contribution in [1.29, 1.82) is 0 Å². The van der Waals surface area contributed by atoms with E-state index >= 15 is 0 Å². The minimum atomic E-state index is -0.230. The number of anilines is 1. The molecule has 1 aromatic heterocycles. The van der Waals surface area contributed by atoms with Gasteiger partial charge in [0.2, 0.25) is 5.91 Å². The zero-order chi connectivity index (χ0) is 15.7. The Kier molecular flexibility index (Phi) is 3.90. The number of hydrogen-bond donors (Lipinski definition) is 2. The number of halogens is 1. The van der Waals surface area contributed by atoms with Crippen LogP contribution < -0.4 is 10.6 Å². The van der Waals surface area contributed by atoms with Crippen LogP contribution in [0.1, 0.15) is 28.5 Å². The summed E-state index contributed by atoms with van der Waals surface area (Å²) in [5.41, 5.74) is 0.887. The van der Waals surface area contributed by atoms with Crippen molar-refractivity contribution in [1.82, 2.24) is 5.32 Å². The van der Waals surface area contributed by atoms with Crippen molar-refractivity contribution in [3.05, 3.63) is 52.9 Å². The molecule has 5 nitrogen and oxygen atoms in total. The molecule has 0 radical (unpaired) electrons. The second-order valence-corrected chi connectivity index (χ2v) is 5.63. The lowest BCUT2D eigenvalue weighted by atomic mass is 10.1. The van der Waals surface area contributed by atoms with Crippen LogP contribution >= 0.6 is 11.6 Å². The van der Waals surface area contributed by atoms with Crippen LogP contribution in [0.2, 0.25) is 5.02 Å². The second kappa shape index (κ2) is 5.85. The lowest BCUT2D eigenvalue weighted by molar-refractivity contribution is -0.117. The summed E-state index contributed by atoms with van der Waals surface area (Å²) in [6, 6.07) is 8.46. The predicted octanol–water partition coefficient (Wildman–Crippen LogP) is 3.03. The first kappa shape index (κ1) is 14.7. The van der Waals surface area contributed by atoms with Crippen molar-refractivity contribution < 1.29 is 14.0 Å². The number of hydrogen-bond acceptors (Lipinski definition) is 3. The number of amides is 2. The molecule has 22 heavy (non-hydrogen) atoms. The van der Waals surface area contributed by atoms with Gasteiger partial charge < -0.3 is 15.1 Å². The fraction of sp³-hybridized carbons (Fsp3) is 0.250. The molecule has 2 N–H and O–H groups in total. The van der Waals surface area contributed by atoms with E-state index in [9.17, 15) is 9.59 Å². The van der Waals surface area contributed by atoms with Gasteiger partial charge in [0.1, 0.15) is 5.76 Å². The first-order valence-corrected chi connectivity index (χ1v) is 7.34. The molecule has 2 amide bonds. The molecule has 0 aliphatic heterocycles. The number of nitrogens with one attached hydrogen (secondary N) is 2. The highest BCUT2D eigenvalue weighted by atomic mass is 35.5. The third kappa shape index (κ3) is 2.85. The van der Waals surface area contributed by atoms with Gasteiger partial charge in [-0.3, -0.25) is 9.59 Å². The quantitative estimate of drug-likeness (QED) is 0.910. The van der Waals surface area contributed by atoms with Gasteiger partial charge in [0.15, 0.2) is 0 Å². The second-order valence-electron chi connectivity index (χ2n) is 5.23. The average molecular weight is 319 g/mol. The first-order valence-electron chi connectivity index (χ1n) is 6.96. The average Bonchev–Trinajstić information content (AvgIpc) is 3.14. The lowest BCUT2D eigenvalue weighted by Crippen LogP contribution is -2.19. The van der Waals surface area contributed by atoms with Gasteiger partial charge in [-0.2, -0.15) is 0 Å². The standard InChI is InChI=1S/C16H15ClN2O3/c1-18-15(20)9-4-5-12(17)13(7-9)19-16(21)11-8-10(11)14-3-2-6-22-14/h2-7,10-11H,8H2,1H3,(H,18,20)(H,19,21). The molecule has 6 heteroatoms. The smallest absolute Gasteiger partial charge is 0.251 e. The van der Waals surface area contributed by atoms with E-state index in [1.54, 1.807) is 31.5 Å². The Morgan fingerprint density at radius 2 is 2.14 bits per heavy atom. The SMILES string of the molecule is CNC(=O)c1ccc(Cl)c(NC(=O)C2CC2c2ccco2)c1. The van der Waals surface area contributed by atoms with Crippen LogP contribution in [0.5, 0.6) is 0 Å². The molecule has 1 heterocycles. The van der Waals surface area contributed by atoms with E-state index in [4.69, 9.17) is 16.0 Å². The Hall–Kier alpha value is -2.27. The van der Waals surface area contributed by atoms with Gasteiger partial charge in [0.25, 0.3) is 5.91 Å². The van der Waals surface area contributed by atoms with Crippen molar-refractivity contribution >= 4 is 29.1 Å². The Morgan fingerprint density at radius 3 is 2.82 bits per heavy atom. The highest BCUT2D eigenvalue weighted by molar-refractivity contribution is 6.34. The summed E-state index contributed by atoms with van der Waals surface area (Å²) in [6.07, 6.45) is 2.36. The van der Waals surface area contributed by atoms with Gasteiger partial charge in [0.05, 0.1) is 17.0 Å².